The summed E-state index contributed by atoms with van der Waals surface area (Å²) < 4.78 is 40.9. The van der Waals surface area contributed by atoms with Crippen LogP contribution in [0.4, 0.5) is 15.8 Å². The van der Waals surface area contributed by atoms with Gasteiger partial charge in [-0.05, 0) is 54.0 Å². The molecule has 8 heteroatoms. The van der Waals surface area contributed by atoms with E-state index in [-0.39, 0.29) is 10.2 Å². The van der Waals surface area contributed by atoms with Crippen LogP contribution in [0.5, 0.6) is 0 Å². The van der Waals surface area contributed by atoms with Gasteiger partial charge in [-0.3, -0.25) is 9.71 Å². The van der Waals surface area contributed by atoms with Crippen molar-refractivity contribution in [2.45, 2.75) is 18.7 Å². The Labute approximate surface area is 130 Å². The molecule has 0 amide bonds. The first-order valence-electron chi connectivity index (χ1n) is 5.92. The number of aryl methyl sites for hydroxylation is 2. The number of halogens is 2. The Morgan fingerprint density at radius 1 is 1.29 bits per heavy atom. The maximum absolute atomic E-state index is 14.0. The average molecular weight is 374 g/mol. The van der Waals surface area contributed by atoms with Gasteiger partial charge in [0.05, 0.1) is 15.9 Å². The highest BCUT2D eigenvalue weighted by atomic mass is 79.9. The second-order valence-electron chi connectivity index (χ2n) is 4.51. The molecule has 2 aromatic rings. The van der Waals surface area contributed by atoms with Crippen LogP contribution in [-0.2, 0) is 10.0 Å². The zero-order valence-corrected chi connectivity index (χ0v) is 13.7. The van der Waals surface area contributed by atoms with E-state index >= 15 is 0 Å². The van der Waals surface area contributed by atoms with Crippen LogP contribution in [0.25, 0.3) is 0 Å². The van der Waals surface area contributed by atoms with Gasteiger partial charge >= 0.3 is 0 Å². The lowest BCUT2D eigenvalue weighted by Gasteiger charge is -2.12. The van der Waals surface area contributed by atoms with Crippen LogP contribution in [0.2, 0.25) is 0 Å². The maximum atomic E-state index is 14.0. The molecular weight excluding hydrogens is 361 g/mol. The largest absolute Gasteiger partial charge is 0.399 e. The summed E-state index contributed by atoms with van der Waals surface area (Å²) in [6.45, 7) is 3.45. The first-order chi connectivity index (χ1) is 9.70. The monoisotopic (exact) mass is 373 g/mol. The van der Waals surface area contributed by atoms with Crippen LogP contribution < -0.4 is 10.5 Å². The van der Waals surface area contributed by atoms with Crippen molar-refractivity contribution in [1.29, 1.82) is 0 Å². The number of hydrogen-bond acceptors (Lipinski definition) is 4. The first-order valence-corrected chi connectivity index (χ1v) is 8.20. The van der Waals surface area contributed by atoms with Gasteiger partial charge in [-0.1, -0.05) is 0 Å². The van der Waals surface area contributed by atoms with Crippen molar-refractivity contribution in [3.63, 3.8) is 0 Å². The lowest BCUT2D eigenvalue weighted by molar-refractivity contribution is 0.567. The lowest BCUT2D eigenvalue weighted by atomic mass is 10.3. The molecule has 0 atom stereocenters. The van der Waals surface area contributed by atoms with Crippen molar-refractivity contribution in [3.8, 4) is 0 Å². The Hall–Kier alpha value is -1.67. The molecular formula is C13H13BrFN3O2S. The molecule has 2 rings (SSSR count). The summed E-state index contributed by atoms with van der Waals surface area (Å²) in [6, 6.07) is 5.61. The van der Waals surface area contributed by atoms with Gasteiger partial charge in [-0.15, -0.1) is 0 Å². The number of nitrogens with two attached hydrogens (primary N) is 1. The van der Waals surface area contributed by atoms with E-state index in [0.717, 1.165) is 11.8 Å². The van der Waals surface area contributed by atoms with E-state index in [1.165, 1.54) is 6.07 Å². The van der Waals surface area contributed by atoms with Crippen molar-refractivity contribution < 1.29 is 12.8 Å². The van der Waals surface area contributed by atoms with Crippen LogP contribution in [0.3, 0.4) is 0 Å². The number of nitrogens with one attached hydrogen (secondary N) is 1. The van der Waals surface area contributed by atoms with E-state index in [1.807, 2.05) is 0 Å². The second kappa shape index (κ2) is 5.61. The third kappa shape index (κ3) is 3.33. The number of hydrogen-bond donors (Lipinski definition) is 2. The second-order valence-corrected chi connectivity index (χ2v) is 7.01. The number of benzene rings is 1. The summed E-state index contributed by atoms with van der Waals surface area (Å²) in [7, 11) is -4.10. The predicted molar refractivity (Wildman–Crippen MR) is 83.0 cm³/mol. The van der Waals surface area contributed by atoms with E-state index in [1.54, 1.807) is 26.0 Å². The maximum Gasteiger partial charge on any atom is 0.264 e. The number of anilines is 2. The lowest BCUT2D eigenvalue weighted by Crippen LogP contribution is -2.16. The molecule has 0 bridgehead atoms. The quantitative estimate of drug-likeness (QED) is 0.809. The van der Waals surface area contributed by atoms with Crippen LogP contribution in [-0.4, -0.2) is 13.4 Å². The SMILES string of the molecule is Cc1ccc(NS(=O)(=O)c2cc(N)cc(Br)c2F)c(C)n1. The molecule has 0 fully saturated rings. The minimum Gasteiger partial charge on any atom is -0.399 e. The third-order valence-electron chi connectivity index (χ3n) is 2.78. The molecule has 0 aliphatic carbocycles. The Morgan fingerprint density at radius 2 is 1.95 bits per heavy atom. The zero-order chi connectivity index (χ0) is 15.8. The van der Waals surface area contributed by atoms with Crippen molar-refractivity contribution in [3.05, 3.63) is 45.9 Å². The van der Waals surface area contributed by atoms with Gasteiger partial charge in [-0.25, -0.2) is 12.8 Å². The topological polar surface area (TPSA) is 85.1 Å². The van der Waals surface area contributed by atoms with Crippen molar-refractivity contribution >= 4 is 37.3 Å². The Morgan fingerprint density at radius 3 is 2.57 bits per heavy atom. The van der Waals surface area contributed by atoms with Crippen molar-refractivity contribution in [2.75, 3.05) is 10.5 Å². The van der Waals surface area contributed by atoms with Crippen molar-refractivity contribution in [2.24, 2.45) is 0 Å². The molecule has 0 saturated heterocycles. The standard InChI is InChI=1S/C13H13BrFN3O2S/c1-7-3-4-11(8(2)17-7)18-21(19,20)12-6-9(16)5-10(14)13(12)15/h3-6,18H,16H2,1-2H3. The summed E-state index contributed by atoms with van der Waals surface area (Å²) in [4.78, 5) is 3.64. The van der Waals surface area contributed by atoms with Gasteiger partial charge in [0.1, 0.15) is 4.90 Å². The van der Waals surface area contributed by atoms with Gasteiger partial charge in [0.25, 0.3) is 10.0 Å². The number of rotatable bonds is 3. The van der Waals surface area contributed by atoms with E-state index in [2.05, 4.69) is 25.6 Å². The number of aromatic nitrogens is 1. The predicted octanol–water partition coefficient (Wildman–Crippen LogP) is 2.98. The number of nitrogens with zero attached hydrogens (tertiary/aromatic N) is 1. The third-order valence-corrected chi connectivity index (χ3v) is 4.72. The molecule has 0 aliphatic rings. The molecule has 0 aliphatic heterocycles. The molecule has 0 radical (unpaired) electrons. The number of nitrogen functional groups attached to an aromatic ring is 1. The molecule has 1 heterocycles. The Balaban J connectivity index is 2.48. The normalized spacial score (nSPS) is 11.4. The molecule has 112 valence electrons. The van der Waals surface area contributed by atoms with E-state index < -0.39 is 20.7 Å². The molecule has 3 N–H and O–H groups in total. The molecule has 21 heavy (non-hydrogen) atoms. The zero-order valence-electron chi connectivity index (χ0n) is 11.3. The van der Waals surface area contributed by atoms with E-state index in [0.29, 0.717) is 11.4 Å². The molecule has 0 saturated carbocycles. The Bertz CT molecular complexity index is 809. The fraction of sp³-hybridized carbons (Fsp3) is 0.154. The molecule has 1 aromatic carbocycles. The molecule has 0 unspecified atom stereocenters. The highest BCUT2D eigenvalue weighted by Gasteiger charge is 2.22. The number of pyridine rings is 1. The summed E-state index contributed by atoms with van der Waals surface area (Å²) in [6.07, 6.45) is 0. The van der Waals surface area contributed by atoms with Gasteiger partial charge in [0, 0.05) is 11.4 Å². The van der Waals surface area contributed by atoms with E-state index in [4.69, 9.17) is 5.73 Å². The first kappa shape index (κ1) is 15.7. The summed E-state index contributed by atoms with van der Waals surface area (Å²) in [5.74, 6) is -0.894. The summed E-state index contributed by atoms with van der Waals surface area (Å²) in [5.41, 5.74) is 7.26. The summed E-state index contributed by atoms with van der Waals surface area (Å²) in [5, 5.41) is 0. The Kier molecular flexibility index (Phi) is 4.20. The average Bonchev–Trinajstić information content (AvgIpc) is 2.37. The molecule has 1 aromatic heterocycles. The van der Waals surface area contributed by atoms with Crippen LogP contribution in [0, 0.1) is 19.7 Å². The summed E-state index contributed by atoms with van der Waals surface area (Å²) >= 11 is 2.94. The van der Waals surface area contributed by atoms with Crippen LogP contribution in [0.15, 0.2) is 33.6 Å². The smallest absolute Gasteiger partial charge is 0.264 e. The minimum atomic E-state index is -4.10. The molecule has 5 nitrogen and oxygen atoms in total. The van der Waals surface area contributed by atoms with Gasteiger partial charge in [0.15, 0.2) is 5.82 Å². The van der Waals surface area contributed by atoms with Crippen molar-refractivity contribution in [1.82, 2.24) is 4.98 Å². The molecule has 0 spiro atoms. The van der Waals surface area contributed by atoms with Crippen LogP contribution in [0.1, 0.15) is 11.4 Å². The van der Waals surface area contributed by atoms with Gasteiger partial charge in [-0.2, -0.15) is 0 Å². The fourth-order valence-electron chi connectivity index (χ4n) is 1.77. The van der Waals surface area contributed by atoms with E-state index in [9.17, 15) is 12.8 Å². The van der Waals surface area contributed by atoms with Gasteiger partial charge in [0.2, 0.25) is 0 Å². The number of sulfonamides is 1. The minimum absolute atomic E-state index is 0.0124. The highest BCUT2D eigenvalue weighted by Crippen LogP contribution is 2.28. The fourth-order valence-corrected chi connectivity index (χ4v) is 3.63. The highest BCUT2D eigenvalue weighted by molar-refractivity contribution is 9.10. The van der Waals surface area contributed by atoms with Crippen LogP contribution >= 0.6 is 15.9 Å². The van der Waals surface area contributed by atoms with Gasteiger partial charge < -0.3 is 5.73 Å².